The second kappa shape index (κ2) is 6.49. The number of halogens is 1. The molecular formula is C15H17BrN4O3. The lowest BCUT2D eigenvalue weighted by Gasteiger charge is -2.15. The van der Waals surface area contributed by atoms with E-state index in [0.717, 1.165) is 10.0 Å². The van der Waals surface area contributed by atoms with Gasteiger partial charge in [-0.1, -0.05) is 15.9 Å². The Kier molecular flexibility index (Phi) is 4.84. The number of aromatic nitrogens is 2. The fraction of sp³-hybridized carbons (Fsp3) is 0.333. The summed E-state index contributed by atoms with van der Waals surface area (Å²) in [5, 5.41) is 18.0. The van der Waals surface area contributed by atoms with E-state index in [-0.39, 0.29) is 11.6 Å². The monoisotopic (exact) mass is 380 g/mol. The van der Waals surface area contributed by atoms with Crippen LogP contribution in [0.1, 0.15) is 29.9 Å². The summed E-state index contributed by atoms with van der Waals surface area (Å²) in [6, 6.07) is 4.87. The van der Waals surface area contributed by atoms with Gasteiger partial charge < -0.3 is 5.32 Å². The van der Waals surface area contributed by atoms with Gasteiger partial charge in [-0.2, -0.15) is 5.10 Å². The van der Waals surface area contributed by atoms with E-state index in [9.17, 15) is 14.9 Å². The van der Waals surface area contributed by atoms with Crippen molar-refractivity contribution in [2.24, 2.45) is 0 Å². The van der Waals surface area contributed by atoms with Gasteiger partial charge in [0.1, 0.15) is 17.4 Å². The van der Waals surface area contributed by atoms with Crippen LogP contribution < -0.4 is 5.32 Å². The molecule has 1 aromatic heterocycles. The van der Waals surface area contributed by atoms with Gasteiger partial charge >= 0.3 is 5.69 Å². The number of nitrogens with one attached hydrogen (secondary N) is 1. The van der Waals surface area contributed by atoms with Gasteiger partial charge in [0, 0.05) is 10.2 Å². The summed E-state index contributed by atoms with van der Waals surface area (Å²) in [5.74, 6) is -0.282. The van der Waals surface area contributed by atoms with E-state index < -0.39 is 11.0 Å². The largest absolute Gasteiger partial charge is 0.324 e. The lowest BCUT2D eigenvalue weighted by molar-refractivity contribution is -0.386. The number of amides is 1. The van der Waals surface area contributed by atoms with E-state index in [1.54, 1.807) is 26.8 Å². The molecule has 2 rings (SSSR count). The minimum atomic E-state index is -0.662. The van der Waals surface area contributed by atoms with Gasteiger partial charge in [0.05, 0.1) is 4.92 Å². The molecule has 1 atom stereocenters. The Labute approximate surface area is 142 Å². The van der Waals surface area contributed by atoms with Crippen LogP contribution >= 0.6 is 15.9 Å². The summed E-state index contributed by atoms with van der Waals surface area (Å²) < 4.78 is 2.31. The maximum atomic E-state index is 12.4. The topological polar surface area (TPSA) is 90.1 Å². The van der Waals surface area contributed by atoms with Crippen LogP contribution in [0.3, 0.4) is 0 Å². The molecule has 1 heterocycles. The highest BCUT2D eigenvalue weighted by molar-refractivity contribution is 9.10. The first-order chi connectivity index (χ1) is 10.7. The number of carbonyl (C=O) groups excluding carboxylic acids is 1. The van der Waals surface area contributed by atoms with Crippen LogP contribution in [0.4, 0.5) is 11.4 Å². The van der Waals surface area contributed by atoms with Crippen molar-refractivity contribution in [3.63, 3.8) is 0 Å². The molecule has 2 aromatic rings. The molecule has 8 heteroatoms. The SMILES string of the molecule is Cc1cc(Br)ccc1NC(=O)[C@H](C)n1nc(C)c([N+](=O)[O-])c1C. The number of hydrogen-bond donors (Lipinski definition) is 1. The number of anilines is 1. The zero-order chi connectivity index (χ0) is 17.3. The van der Waals surface area contributed by atoms with E-state index >= 15 is 0 Å². The molecule has 0 aliphatic rings. The van der Waals surface area contributed by atoms with Crippen LogP contribution in [0.25, 0.3) is 0 Å². The average molecular weight is 381 g/mol. The summed E-state index contributed by atoms with van der Waals surface area (Å²) in [6.45, 7) is 6.70. The molecule has 0 saturated carbocycles. The summed E-state index contributed by atoms with van der Waals surface area (Å²) in [5.41, 5.74) is 2.22. The van der Waals surface area contributed by atoms with Crippen LogP contribution in [0.15, 0.2) is 22.7 Å². The Hall–Kier alpha value is -2.22. The Morgan fingerprint density at radius 2 is 2.04 bits per heavy atom. The van der Waals surface area contributed by atoms with E-state index in [1.807, 2.05) is 19.1 Å². The zero-order valence-corrected chi connectivity index (χ0v) is 14.8. The lowest BCUT2D eigenvalue weighted by Crippen LogP contribution is -2.25. The molecule has 0 saturated heterocycles. The molecule has 0 radical (unpaired) electrons. The van der Waals surface area contributed by atoms with Gasteiger partial charge in [-0.3, -0.25) is 19.6 Å². The number of rotatable bonds is 4. The third kappa shape index (κ3) is 3.42. The maximum Gasteiger partial charge on any atom is 0.312 e. The van der Waals surface area contributed by atoms with Crippen LogP contribution in [-0.2, 0) is 4.79 Å². The summed E-state index contributed by atoms with van der Waals surface area (Å²) in [4.78, 5) is 23.0. The molecule has 1 N–H and O–H groups in total. The lowest BCUT2D eigenvalue weighted by atomic mass is 10.2. The van der Waals surface area contributed by atoms with Crippen molar-refractivity contribution >= 4 is 33.2 Å². The Bertz CT molecular complexity index is 785. The number of nitro groups is 1. The second-order valence-electron chi connectivity index (χ2n) is 5.35. The van der Waals surface area contributed by atoms with Crippen molar-refractivity contribution in [1.29, 1.82) is 0 Å². The van der Waals surface area contributed by atoms with Gasteiger partial charge in [0.2, 0.25) is 5.91 Å². The van der Waals surface area contributed by atoms with Crippen molar-refractivity contribution in [2.75, 3.05) is 5.32 Å². The highest BCUT2D eigenvalue weighted by Crippen LogP contribution is 2.26. The van der Waals surface area contributed by atoms with Crippen molar-refractivity contribution in [3.8, 4) is 0 Å². The quantitative estimate of drug-likeness (QED) is 0.646. The van der Waals surface area contributed by atoms with Crippen LogP contribution in [0, 0.1) is 30.9 Å². The van der Waals surface area contributed by atoms with Crippen molar-refractivity contribution in [2.45, 2.75) is 33.7 Å². The smallest absolute Gasteiger partial charge is 0.312 e. The normalized spacial score (nSPS) is 12.0. The number of carbonyl (C=O) groups is 1. The predicted molar refractivity (Wildman–Crippen MR) is 90.6 cm³/mol. The molecule has 122 valence electrons. The molecule has 7 nitrogen and oxygen atoms in total. The Balaban J connectivity index is 2.27. The second-order valence-corrected chi connectivity index (χ2v) is 6.26. The van der Waals surface area contributed by atoms with Gasteiger partial charge in [-0.15, -0.1) is 0 Å². The minimum absolute atomic E-state index is 0.0514. The first-order valence-electron chi connectivity index (χ1n) is 6.99. The summed E-state index contributed by atoms with van der Waals surface area (Å²) in [7, 11) is 0. The van der Waals surface area contributed by atoms with Gasteiger partial charge in [0.25, 0.3) is 0 Å². The molecule has 0 spiro atoms. The van der Waals surface area contributed by atoms with Crippen LogP contribution in [0.5, 0.6) is 0 Å². The van der Waals surface area contributed by atoms with Crippen molar-refractivity contribution in [3.05, 3.63) is 49.7 Å². The van der Waals surface area contributed by atoms with E-state index in [1.165, 1.54) is 4.68 Å². The molecule has 0 fully saturated rings. The zero-order valence-electron chi connectivity index (χ0n) is 13.3. The molecule has 1 aromatic carbocycles. The van der Waals surface area contributed by atoms with Crippen LogP contribution in [0.2, 0.25) is 0 Å². The third-order valence-corrected chi connectivity index (χ3v) is 4.16. The molecule has 1 amide bonds. The predicted octanol–water partition coefficient (Wildman–Crippen LogP) is 3.68. The maximum absolute atomic E-state index is 12.4. The molecule has 0 aliphatic carbocycles. The Morgan fingerprint density at radius 1 is 1.39 bits per heavy atom. The van der Waals surface area contributed by atoms with E-state index in [0.29, 0.717) is 17.1 Å². The number of nitrogens with zero attached hydrogens (tertiary/aromatic N) is 3. The fourth-order valence-corrected chi connectivity index (χ4v) is 2.89. The first-order valence-corrected chi connectivity index (χ1v) is 7.78. The van der Waals surface area contributed by atoms with Gasteiger partial charge in [-0.05, 0) is 51.5 Å². The molecule has 0 unspecified atom stereocenters. The summed E-state index contributed by atoms with van der Waals surface area (Å²) in [6.07, 6.45) is 0. The molecule has 0 aliphatic heterocycles. The highest BCUT2D eigenvalue weighted by Gasteiger charge is 2.27. The molecule has 23 heavy (non-hydrogen) atoms. The highest BCUT2D eigenvalue weighted by atomic mass is 79.9. The number of aryl methyl sites for hydroxylation is 2. The first kappa shape index (κ1) is 17.1. The van der Waals surface area contributed by atoms with Gasteiger partial charge in [0.15, 0.2) is 0 Å². The molecule has 0 bridgehead atoms. The van der Waals surface area contributed by atoms with Crippen LogP contribution in [-0.4, -0.2) is 20.6 Å². The third-order valence-electron chi connectivity index (χ3n) is 3.66. The van der Waals surface area contributed by atoms with E-state index in [2.05, 4.69) is 26.3 Å². The summed E-state index contributed by atoms with van der Waals surface area (Å²) >= 11 is 3.37. The average Bonchev–Trinajstić information content (AvgIpc) is 2.76. The standard InChI is InChI=1S/C15H17BrN4O3/c1-8-7-12(16)5-6-13(8)17-15(21)11(4)19-10(3)14(20(22)23)9(2)18-19/h5-7,11H,1-4H3,(H,17,21)/t11-/m0/s1. The van der Waals surface area contributed by atoms with Crippen molar-refractivity contribution < 1.29 is 9.72 Å². The number of benzene rings is 1. The Morgan fingerprint density at radius 3 is 2.57 bits per heavy atom. The fourth-order valence-electron chi connectivity index (χ4n) is 2.41. The van der Waals surface area contributed by atoms with Crippen molar-refractivity contribution in [1.82, 2.24) is 9.78 Å². The van der Waals surface area contributed by atoms with Gasteiger partial charge in [-0.25, -0.2) is 0 Å². The van der Waals surface area contributed by atoms with E-state index in [4.69, 9.17) is 0 Å². The number of hydrogen-bond acceptors (Lipinski definition) is 4. The molecular weight excluding hydrogens is 364 g/mol. The minimum Gasteiger partial charge on any atom is -0.324 e.